The second-order valence-corrected chi connectivity index (χ2v) is 5.61. The molecule has 1 aromatic rings. The van der Waals surface area contributed by atoms with Crippen LogP contribution >= 0.6 is 0 Å². The minimum absolute atomic E-state index is 0.0398. The molecule has 1 fully saturated rings. The van der Waals surface area contributed by atoms with Crippen molar-refractivity contribution in [1.29, 1.82) is 0 Å². The summed E-state index contributed by atoms with van der Waals surface area (Å²) in [5.41, 5.74) is 0.915. The van der Waals surface area contributed by atoms with Crippen LogP contribution in [0.3, 0.4) is 0 Å². The molecule has 20 heavy (non-hydrogen) atoms. The van der Waals surface area contributed by atoms with Gasteiger partial charge in [-0.1, -0.05) is 26.0 Å². The predicted octanol–water partition coefficient (Wildman–Crippen LogP) is 2.92. The summed E-state index contributed by atoms with van der Waals surface area (Å²) in [7, 11) is 0. The topological polar surface area (TPSA) is 43.4 Å². The fourth-order valence-electron chi connectivity index (χ4n) is 2.36. The summed E-state index contributed by atoms with van der Waals surface area (Å²) < 4.78 is 18.1. The Morgan fingerprint density at radius 3 is 2.45 bits per heavy atom. The Kier molecular flexibility index (Phi) is 4.53. The summed E-state index contributed by atoms with van der Waals surface area (Å²) in [6.45, 7) is 3.87. The van der Waals surface area contributed by atoms with Gasteiger partial charge in [-0.3, -0.25) is 9.59 Å². The summed E-state index contributed by atoms with van der Waals surface area (Å²) in [4.78, 5) is 23.9. The molecular formula is C16H19FO3. The number of carbonyl (C=O) groups is 2. The highest BCUT2D eigenvalue weighted by molar-refractivity contribution is 6.01. The fourth-order valence-corrected chi connectivity index (χ4v) is 2.36. The summed E-state index contributed by atoms with van der Waals surface area (Å²) in [5.74, 6) is -1.26. The minimum atomic E-state index is -0.671. The van der Waals surface area contributed by atoms with Crippen LogP contribution in [0, 0.1) is 17.7 Å². The Bertz CT molecular complexity index is 475. The third-order valence-electron chi connectivity index (χ3n) is 3.72. The number of ketones is 1. The van der Waals surface area contributed by atoms with E-state index < -0.39 is 11.9 Å². The Labute approximate surface area is 118 Å². The standard InChI is InChI=1S/C16H19FO3/c1-10(2)15-9-14(18)13(16(19)20-15)8-5-11-3-6-12(17)7-4-11/h3-4,6-7,10,13,15H,5,8-9H2,1-2H3. The van der Waals surface area contributed by atoms with Crippen molar-refractivity contribution < 1.29 is 18.7 Å². The normalized spacial score (nSPS) is 23.0. The largest absolute Gasteiger partial charge is 0.461 e. The molecule has 108 valence electrons. The van der Waals surface area contributed by atoms with Crippen molar-refractivity contribution in [2.45, 2.75) is 39.2 Å². The van der Waals surface area contributed by atoms with Gasteiger partial charge < -0.3 is 4.74 Å². The maximum atomic E-state index is 12.8. The summed E-state index contributed by atoms with van der Waals surface area (Å²) in [6, 6.07) is 6.10. The Hall–Kier alpha value is -1.71. The van der Waals surface area contributed by atoms with Crippen LogP contribution in [0.5, 0.6) is 0 Å². The number of ether oxygens (including phenoxy) is 1. The van der Waals surface area contributed by atoms with Crippen molar-refractivity contribution in [1.82, 2.24) is 0 Å². The van der Waals surface area contributed by atoms with E-state index in [0.717, 1.165) is 5.56 Å². The van der Waals surface area contributed by atoms with E-state index in [1.807, 2.05) is 13.8 Å². The number of benzene rings is 1. The first-order valence-corrected chi connectivity index (χ1v) is 6.95. The van der Waals surface area contributed by atoms with Gasteiger partial charge in [0, 0.05) is 6.42 Å². The molecule has 1 aromatic carbocycles. The van der Waals surface area contributed by atoms with Gasteiger partial charge in [-0.15, -0.1) is 0 Å². The number of aryl methyl sites for hydroxylation is 1. The quantitative estimate of drug-likeness (QED) is 0.628. The smallest absolute Gasteiger partial charge is 0.316 e. The lowest BCUT2D eigenvalue weighted by Gasteiger charge is -2.29. The second kappa shape index (κ2) is 6.16. The highest BCUT2D eigenvalue weighted by Gasteiger charge is 2.37. The molecule has 0 aliphatic carbocycles. The average molecular weight is 278 g/mol. The van der Waals surface area contributed by atoms with Crippen molar-refractivity contribution in [3.63, 3.8) is 0 Å². The molecule has 1 aliphatic heterocycles. The van der Waals surface area contributed by atoms with E-state index in [1.54, 1.807) is 12.1 Å². The third kappa shape index (κ3) is 3.44. The molecule has 0 aromatic heterocycles. The lowest BCUT2D eigenvalue weighted by atomic mass is 9.87. The first-order valence-electron chi connectivity index (χ1n) is 6.95. The van der Waals surface area contributed by atoms with Gasteiger partial charge in [0.25, 0.3) is 0 Å². The maximum Gasteiger partial charge on any atom is 0.316 e. The first-order chi connectivity index (χ1) is 9.47. The molecule has 0 amide bonds. The number of halogens is 1. The van der Waals surface area contributed by atoms with Crippen LogP contribution in [0.1, 0.15) is 32.3 Å². The van der Waals surface area contributed by atoms with Crippen molar-refractivity contribution >= 4 is 11.8 Å². The molecule has 2 rings (SSSR count). The Morgan fingerprint density at radius 1 is 1.25 bits per heavy atom. The lowest BCUT2D eigenvalue weighted by Crippen LogP contribution is -2.40. The monoisotopic (exact) mass is 278 g/mol. The minimum Gasteiger partial charge on any atom is -0.461 e. The molecule has 1 aliphatic rings. The molecule has 4 heteroatoms. The highest BCUT2D eigenvalue weighted by atomic mass is 19.1. The van der Waals surface area contributed by atoms with Gasteiger partial charge >= 0.3 is 5.97 Å². The van der Waals surface area contributed by atoms with Crippen molar-refractivity contribution in [2.75, 3.05) is 0 Å². The van der Waals surface area contributed by atoms with E-state index in [-0.39, 0.29) is 23.6 Å². The van der Waals surface area contributed by atoms with Crippen LogP contribution in [-0.4, -0.2) is 17.9 Å². The molecule has 0 N–H and O–H groups in total. The maximum absolute atomic E-state index is 12.8. The van der Waals surface area contributed by atoms with Crippen LogP contribution in [0.4, 0.5) is 4.39 Å². The number of hydrogen-bond donors (Lipinski definition) is 0. The SMILES string of the molecule is CC(C)C1CC(=O)C(CCc2ccc(F)cc2)C(=O)O1. The summed E-state index contributed by atoms with van der Waals surface area (Å²) in [6.07, 6.45) is 1.00. The number of hydrogen-bond acceptors (Lipinski definition) is 3. The van der Waals surface area contributed by atoms with Crippen molar-refractivity contribution in [2.24, 2.45) is 11.8 Å². The second-order valence-electron chi connectivity index (χ2n) is 5.61. The number of carbonyl (C=O) groups excluding carboxylic acids is 2. The zero-order valence-electron chi connectivity index (χ0n) is 11.8. The number of esters is 1. The highest BCUT2D eigenvalue weighted by Crippen LogP contribution is 2.25. The van der Waals surface area contributed by atoms with Crippen LogP contribution < -0.4 is 0 Å². The number of Topliss-reactive ketones (excluding diaryl/α,β-unsaturated/α-hetero) is 1. The van der Waals surface area contributed by atoms with Crippen molar-refractivity contribution in [3.8, 4) is 0 Å². The molecule has 3 nitrogen and oxygen atoms in total. The van der Waals surface area contributed by atoms with E-state index >= 15 is 0 Å². The van der Waals surface area contributed by atoms with Crippen LogP contribution in [0.25, 0.3) is 0 Å². The number of rotatable bonds is 4. The molecule has 0 radical (unpaired) electrons. The van der Waals surface area contributed by atoms with Gasteiger partial charge in [-0.2, -0.15) is 0 Å². The lowest BCUT2D eigenvalue weighted by molar-refractivity contribution is -0.167. The molecular weight excluding hydrogens is 259 g/mol. The van der Waals surface area contributed by atoms with E-state index in [0.29, 0.717) is 19.3 Å². The average Bonchev–Trinajstić information content (AvgIpc) is 2.39. The zero-order valence-corrected chi connectivity index (χ0v) is 11.8. The number of cyclic esters (lactones) is 1. The first kappa shape index (κ1) is 14.7. The van der Waals surface area contributed by atoms with E-state index in [2.05, 4.69) is 0 Å². The Balaban J connectivity index is 1.94. The van der Waals surface area contributed by atoms with Gasteiger partial charge in [0.15, 0.2) is 5.78 Å². The zero-order chi connectivity index (χ0) is 14.7. The third-order valence-corrected chi connectivity index (χ3v) is 3.72. The van der Waals surface area contributed by atoms with E-state index in [9.17, 15) is 14.0 Å². The van der Waals surface area contributed by atoms with Crippen molar-refractivity contribution in [3.05, 3.63) is 35.6 Å². The van der Waals surface area contributed by atoms with E-state index in [1.165, 1.54) is 12.1 Å². The van der Waals surface area contributed by atoms with E-state index in [4.69, 9.17) is 4.74 Å². The molecule has 1 heterocycles. The molecule has 2 unspecified atom stereocenters. The molecule has 1 saturated heterocycles. The molecule has 0 saturated carbocycles. The molecule has 2 atom stereocenters. The van der Waals surface area contributed by atoms with Gasteiger partial charge in [0.05, 0.1) is 0 Å². The summed E-state index contributed by atoms with van der Waals surface area (Å²) in [5, 5.41) is 0. The Morgan fingerprint density at radius 2 is 1.90 bits per heavy atom. The van der Waals surface area contributed by atoms with Crippen LogP contribution in [0.15, 0.2) is 24.3 Å². The summed E-state index contributed by atoms with van der Waals surface area (Å²) >= 11 is 0. The van der Waals surface area contributed by atoms with Gasteiger partial charge in [0.1, 0.15) is 17.8 Å². The van der Waals surface area contributed by atoms with Gasteiger partial charge in [-0.05, 0) is 36.5 Å². The van der Waals surface area contributed by atoms with Gasteiger partial charge in [0.2, 0.25) is 0 Å². The molecule has 0 spiro atoms. The molecule has 0 bridgehead atoms. The van der Waals surface area contributed by atoms with Crippen LogP contribution in [0.2, 0.25) is 0 Å². The predicted molar refractivity (Wildman–Crippen MR) is 72.6 cm³/mol. The van der Waals surface area contributed by atoms with Gasteiger partial charge in [-0.25, -0.2) is 4.39 Å². The fraction of sp³-hybridized carbons (Fsp3) is 0.500. The van der Waals surface area contributed by atoms with Crippen LogP contribution in [-0.2, 0) is 20.7 Å².